The first-order valence-electron chi connectivity index (χ1n) is 8.72. The first-order chi connectivity index (χ1) is 12.2. The van der Waals surface area contributed by atoms with Crippen molar-refractivity contribution in [2.24, 2.45) is 0 Å². The lowest BCUT2D eigenvalue weighted by Crippen LogP contribution is -2.49. The Kier molecular flexibility index (Phi) is 3.99. The molecule has 0 spiro atoms. The topological polar surface area (TPSA) is 96.7 Å². The molecule has 1 fully saturated rings. The molecule has 0 radical (unpaired) electrons. The number of carbonyl (C=O) groups is 1. The van der Waals surface area contributed by atoms with E-state index in [2.05, 4.69) is 25.9 Å². The smallest absolute Gasteiger partial charge is 0.231 e. The summed E-state index contributed by atoms with van der Waals surface area (Å²) in [5, 5.41) is 18.7. The van der Waals surface area contributed by atoms with Crippen molar-refractivity contribution in [1.29, 1.82) is 0 Å². The third kappa shape index (κ3) is 2.90. The highest BCUT2D eigenvalue weighted by molar-refractivity contribution is 5.86. The maximum atomic E-state index is 12.9. The lowest BCUT2D eigenvalue weighted by molar-refractivity contribution is -0.125. The molecular weight excluding hydrogens is 318 g/mol. The van der Waals surface area contributed by atoms with Crippen LogP contribution in [0.15, 0.2) is 34.7 Å². The number of carbonyl (C=O) groups excluding carboxylic acids is 1. The summed E-state index contributed by atoms with van der Waals surface area (Å²) >= 11 is 0. The Morgan fingerprint density at radius 1 is 1.28 bits per heavy atom. The second kappa shape index (κ2) is 6.31. The number of aromatic nitrogens is 4. The van der Waals surface area contributed by atoms with E-state index in [1.165, 1.54) is 0 Å². The molecule has 1 aromatic carbocycles. The Balaban J connectivity index is 1.58. The molecule has 0 saturated heterocycles. The number of tetrazole rings is 1. The van der Waals surface area contributed by atoms with Gasteiger partial charge in [-0.15, -0.1) is 10.2 Å². The number of amides is 1. The lowest BCUT2D eigenvalue weighted by atomic mass is 9.80. The first-order valence-corrected chi connectivity index (χ1v) is 8.72. The highest BCUT2D eigenvalue weighted by Crippen LogP contribution is 2.36. The van der Waals surface area contributed by atoms with Crippen LogP contribution in [0, 0.1) is 0 Å². The maximum absolute atomic E-state index is 12.9. The van der Waals surface area contributed by atoms with Gasteiger partial charge < -0.3 is 9.73 Å². The molecule has 25 heavy (non-hydrogen) atoms. The summed E-state index contributed by atoms with van der Waals surface area (Å²) in [4.78, 5) is 12.9. The van der Waals surface area contributed by atoms with Gasteiger partial charge in [0.05, 0.1) is 5.92 Å². The van der Waals surface area contributed by atoms with Gasteiger partial charge in [0.25, 0.3) is 0 Å². The standard InChI is InChI=1S/C18H21N5O2/c1-12(15-11-13-7-3-4-8-14(13)25-15)16(24)19-18(9-5-2-6-10-18)17-20-22-23-21-17/h3-4,7-8,11-12H,2,5-6,9-10H2,1H3,(H,19,24)(H,20,21,22,23). The lowest BCUT2D eigenvalue weighted by Gasteiger charge is -2.35. The van der Waals surface area contributed by atoms with Gasteiger partial charge in [0.1, 0.15) is 16.9 Å². The summed E-state index contributed by atoms with van der Waals surface area (Å²) in [6.45, 7) is 1.86. The molecule has 7 nitrogen and oxygen atoms in total. The Hall–Kier alpha value is -2.70. The molecule has 3 aromatic rings. The van der Waals surface area contributed by atoms with Gasteiger partial charge in [-0.1, -0.05) is 42.7 Å². The number of nitrogens with zero attached hydrogens (tertiary/aromatic N) is 3. The van der Waals surface area contributed by atoms with E-state index >= 15 is 0 Å². The van der Waals surface area contributed by atoms with Gasteiger partial charge >= 0.3 is 0 Å². The fraction of sp³-hybridized carbons (Fsp3) is 0.444. The van der Waals surface area contributed by atoms with Gasteiger partial charge in [-0.2, -0.15) is 5.21 Å². The molecule has 0 aliphatic heterocycles. The fourth-order valence-corrected chi connectivity index (χ4v) is 3.61. The van der Waals surface area contributed by atoms with Crippen molar-refractivity contribution in [3.63, 3.8) is 0 Å². The van der Waals surface area contributed by atoms with E-state index < -0.39 is 11.5 Å². The zero-order valence-electron chi connectivity index (χ0n) is 14.2. The minimum atomic E-state index is -0.539. The van der Waals surface area contributed by atoms with Gasteiger partial charge in [-0.25, -0.2) is 0 Å². The van der Waals surface area contributed by atoms with Crippen molar-refractivity contribution >= 4 is 16.9 Å². The van der Waals surface area contributed by atoms with Crippen LogP contribution in [0.1, 0.15) is 56.5 Å². The van der Waals surface area contributed by atoms with Crippen LogP contribution in [0.5, 0.6) is 0 Å². The van der Waals surface area contributed by atoms with Gasteiger partial charge in [0.15, 0.2) is 5.82 Å². The average Bonchev–Trinajstić information content (AvgIpc) is 3.31. The number of aromatic amines is 1. The number of para-hydroxylation sites is 1. The van der Waals surface area contributed by atoms with Crippen LogP contribution in [-0.2, 0) is 10.3 Å². The molecule has 0 bridgehead atoms. The summed E-state index contributed by atoms with van der Waals surface area (Å²) in [6.07, 6.45) is 4.88. The number of hydrogen-bond donors (Lipinski definition) is 2. The normalized spacial score (nSPS) is 18.1. The monoisotopic (exact) mass is 339 g/mol. The number of H-pyrrole nitrogens is 1. The Morgan fingerprint density at radius 2 is 2.08 bits per heavy atom. The number of rotatable bonds is 4. The SMILES string of the molecule is CC(C(=O)NC1(c2nn[nH]n2)CCCCC1)c1cc2ccccc2o1. The molecular formula is C18H21N5O2. The molecule has 1 unspecified atom stereocenters. The minimum absolute atomic E-state index is 0.0780. The summed E-state index contributed by atoms with van der Waals surface area (Å²) in [6, 6.07) is 9.70. The van der Waals surface area contributed by atoms with Crippen molar-refractivity contribution in [2.75, 3.05) is 0 Å². The van der Waals surface area contributed by atoms with Crippen LogP contribution in [-0.4, -0.2) is 26.5 Å². The molecule has 4 rings (SSSR count). The van der Waals surface area contributed by atoms with Crippen LogP contribution in [0.25, 0.3) is 11.0 Å². The van der Waals surface area contributed by atoms with E-state index in [0.717, 1.165) is 43.1 Å². The average molecular weight is 339 g/mol. The first kappa shape index (κ1) is 15.8. The van der Waals surface area contributed by atoms with E-state index in [9.17, 15) is 4.79 Å². The number of hydrogen-bond acceptors (Lipinski definition) is 5. The predicted molar refractivity (Wildman–Crippen MR) is 91.7 cm³/mol. The van der Waals surface area contributed by atoms with E-state index in [1.807, 2.05) is 37.3 Å². The fourth-order valence-electron chi connectivity index (χ4n) is 3.61. The van der Waals surface area contributed by atoms with Crippen molar-refractivity contribution in [3.05, 3.63) is 41.9 Å². The summed E-state index contributed by atoms with van der Waals surface area (Å²) in [5.74, 6) is 0.763. The Labute approximate surface area is 145 Å². The molecule has 1 amide bonds. The van der Waals surface area contributed by atoms with Gasteiger partial charge in [0, 0.05) is 5.39 Å². The highest BCUT2D eigenvalue weighted by Gasteiger charge is 2.40. The molecule has 1 aliphatic rings. The van der Waals surface area contributed by atoms with E-state index in [1.54, 1.807) is 0 Å². The molecule has 2 aromatic heterocycles. The van der Waals surface area contributed by atoms with Crippen molar-refractivity contribution in [3.8, 4) is 0 Å². The van der Waals surface area contributed by atoms with Crippen LogP contribution in [0.4, 0.5) is 0 Å². The van der Waals surface area contributed by atoms with Crippen LogP contribution in [0.3, 0.4) is 0 Å². The maximum Gasteiger partial charge on any atom is 0.231 e. The molecule has 2 heterocycles. The molecule has 130 valence electrons. The van der Waals surface area contributed by atoms with Gasteiger partial charge in [-0.3, -0.25) is 4.79 Å². The number of furan rings is 1. The van der Waals surface area contributed by atoms with Gasteiger partial charge in [0.2, 0.25) is 5.91 Å². The number of nitrogens with one attached hydrogen (secondary N) is 2. The van der Waals surface area contributed by atoms with Crippen molar-refractivity contribution < 1.29 is 9.21 Å². The molecule has 2 N–H and O–H groups in total. The molecule has 7 heteroatoms. The molecule has 1 atom stereocenters. The van der Waals surface area contributed by atoms with Crippen LogP contribution in [0.2, 0.25) is 0 Å². The zero-order valence-corrected chi connectivity index (χ0v) is 14.2. The Morgan fingerprint density at radius 3 is 2.80 bits per heavy atom. The zero-order chi connectivity index (χ0) is 17.3. The highest BCUT2D eigenvalue weighted by atomic mass is 16.3. The van der Waals surface area contributed by atoms with Crippen LogP contribution >= 0.6 is 0 Å². The second-order valence-electron chi connectivity index (χ2n) is 6.78. The largest absolute Gasteiger partial charge is 0.460 e. The summed E-state index contributed by atoms with van der Waals surface area (Å²) in [5.41, 5.74) is 0.255. The number of fused-ring (bicyclic) bond motifs is 1. The van der Waals surface area contributed by atoms with Crippen molar-refractivity contribution in [1.82, 2.24) is 25.9 Å². The third-order valence-electron chi connectivity index (χ3n) is 5.11. The van der Waals surface area contributed by atoms with Gasteiger partial charge in [-0.05, 0) is 31.9 Å². The third-order valence-corrected chi connectivity index (χ3v) is 5.11. The van der Waals surface area contributed by atoms with E-state index in [-0.39, 0.29) is 5.91 Å². The number of benzene rings is 1. The van der Waals surface area contributed by atoms with Crippen molar-refractivity contribution in [2.45, 2.75) is 50.5 Å². The quantitative estimate of drug-likeness (QED) is 0.761. The molecule has 1 saturated carbocycles. The van der Waals surface area contributed by atoms with E-state index in [0.29, 0.717) is 11.6 Å². The Bertz CT molecular complexity index is 832. The van der Waals surface area contributed by atoms with E-state index in [4.69, 9.17) is 4.42 Å². The second-order valence-corrected chi connectivity index (χ2v) is 6.78. The predicted octanol–water partition coefficient (Wildman–Crippen LogP) is 3.03. The summed E-state index contributed by atoms with van der Waals surface area (Å²) in [7, 11) is 0. The summed E-state index contributed by atoms with van der Waals surface area (Å²) < 4.78 is 5.85. The van der Waals surface area contributed by atoms with Crippen LogP contribution < -0.4 is 5.32 Å². The minimum Gasteiger partial charge on any atom is -0.460 e. The molecule has 1 aliphatic carbocycles.